The monoisotopic (exact) mass is 764 g/mol. The average molecular weight is 765 g/mol. The summed E-state index contributed by atoms with van der Waals surface area (Å²) in [6.45, 7) is 19.8. The third kappa shape index (κ3) is 6.80. The molecule has 0 amide bonds. The minimum absolute atomic E-state index is 0. The molecule has 0 saturated carbocycles. The quantitative estimate of drug-likeness (QED) is 0.109. The van der Waals surface area contributed by atoms with E-state index in [2.05, 4.69) is 146 Å². The topological polar surface area (TPSA) is 44.9 Å². The Kier molecular flexibility index (Phi) is 10.4. The number of hydrogen-bond acceptors (Lipinski definition) is 3. The summed E-state index contributed by atoms with van der Waals surface area (Å²) in [5, 5.41) is 7.36. The Bertz CT molecular complexity index is 2360. The van der Waals surface area contributed by atoms with Gasteiger partial charge in [0.25, 0.3) is 0 Å². The Labute approximate surface area is 316 Å². The van der Waals surface area contributed by atoms with Crippen molar-refractivity contribution in [3.8, 4) is 34.1 Å². The molecule has 7 rings (SSSR count). The van der Waals surface area contributed by atoms with Gasteiger partial charge in [0.1, 0.15) is 5.82 Å². The SMILES string of the molecule is CCCc1ccnc(-n2c3[c-]c(Oc4[c-]c(-n5nc(C)c(-c6c(C)cc(C(C)C)cc6C)c5C)cc(C(C)C)c4)ccc3c3ccccc32)c1.[Pd+2]. The number of benzene rings is 4. The number of aryl methyl sites for hydroxylation is 4. The van der Waals surface area contributed by atoms with Crippen LogP contribution in [0.4, 0.5) is 0 Å². The first kappa shape index (κ1) is 36.3. The van der Waals surface area contributed by atoms with Crippen LogP contribution in [0.5, 0.6) is 11.5 Å². The van der Waals surface area contributed by atoms with Crippen LogP contribution in [0.3, 0.4) is 0 Å². The molecule has 0 bridgehead atoms. The van der Waals surface area contributed by atoms with Gasteiger partial charge in [-0.25, -0.2) is 4.98 Å². The van der Waals surface area contributed by atoms with Crippen LogP contribution in [-0.4, -0.2) is 19.3 Å². The van der Waals surface area contributed by atoms with E-state index in [1.165, 1.54) is 33.4 Å². The fourth-order valence-electron chi connectivity index (χ4n) is 7.33. The van der Waals surface area contributed by atoms with Crippen molar-refractivity contribution in [1.82, 2.24) is 19.3 Å². The van der Waals surface area contributed by atoms with E-state index in [4.69, 9.17) is 14.8 Å². The molecule has 0 saturated heterocycles. The third-order valence-electron chi connectivity index (χ3n) is 9.86. The summed E-state index contributed by atoms with van der Waals surface area (Å²) < 4.78 is 10.9. The zero-order valence-corrected chi connectivity index (χ0v) is 32.6. The van der Waals surface area contributed by atoms with E-state index in [9.17, 15) is 0 Å². The van der Waals surface area contributed by atoms with Crippen LogP contribution in [0.1, 0.15) is 92.1 Å². The van der Waals surface area contributed by atoms with E-state index < -0.39 is 0 Å². The van der Waals surface area contributed by atoms with Crippen LogP contribution >= 0.6 is 0 Å². The van der Waals surface area contributed by atoms with E-state index in [1.807, 2.05) is 16.9 Å². The predicted octanol–water partition coefficient (Wildman–Crippen LogP) is 11.9. The van der Waals surface area contributed by atoms with Gasteiger partial charge in [-0.3, -0.25) is 4.68 Å². The molecule has 5 nitrogen and oxygen atoms in total. The minimum atomic E-state index is 0. The second-order valence-electron chi connectivity index (χ2n) is 14.3. The van der Waals surface area contributed by atoms with Crippen molar-refractivity contribution in [3.05, 3.63) is 130 Å². The average Bonchev–Trinajstić information content (AvgIpc) is 3.57. The van der Waals surface area contributed by atoms with Crippen LogP contribution in [0.25, 0.3) is 44.4 Å². The number of pyridine rings is 1. The van der Waals surface area contributed by atoms with E-state index in [1.54, 1.807) is 0 Å². The van der Waals surface area contributed by atoms with Crippen molar-refractivity contribution in [2.45, 2.75) is 87.0 Å². The van der Waals surface area contributed by atoms with Gasteiger partial charge < -0.3 is 9.30 Å². The molecular weight excluding hydrogens is 719 g/mol. The third-order valence-corrected chi connectivity index (χ3v) is 9.86. The molecule has 0 N–H and O–H groups in total. The summed E-state index contributed by atoms with van der Waals surface area (Å²) in [5.41, 5.74) is 13.8. The molecule has 3 aromatic heterocycles. The molecule has 0 spiro atoms. The molecule has 0 fully saturated rings. The molecule has 0 aliphatic rings. The van der Waals surface area contributed by atoms with Gasteiger partial charge >= 0.3 is 20.4 Å². The van der Waals surface area contributed by atoms with Crippen molar-refractivity contribution in [3.63, 3.8) is 0 Å². The molecule has 0 aliphatic heterocycles. The molecule has 0 aliphatic carbocycles. The number of rotatable bonds is 9. The maximum Gasteiger partial charge on any atom is 2.00 e. The minimum Gasteiger partial charge on any atom is -0.509 e. The smallest absolute Gasteiger partial charge is 0.509 e. The summed E-state index contributed by atoms with van der Waals surface area (Å²) in [6.07, 6.45) is 4.00. The Hall–Kier alpha value is -4.50. The van der Waals surface area contributed by atoms with Crippen LogP contribution in [0.15, 0.2) is 79.0 Å². The van der Waals surface area contributed by atoms with Gasteiger partial charge in [-0.05, 0) is 103 Å². The summed E-state index contributed by atoms with van der Waals surface area (Å²) in [6, 6.07) is 33.0. The maximum atomic E-state index is 6.64. The van der Waals surface area contributed by atoms with E-state index in [0.29, 0.717) is 17.4 Å². The summed E-state index contributed by atoms with van der Waals surface area (Å²) in [7, 11) is 0. The van der Waals surface area contributed by atoms with Gasteiger partial charge in [0.05, 0.1) is 5.69 Å². The first-order valence-electron chi connectivity index (χ1n) is 17.9. The fraction of sp³-hybridized carbons (Fsp3) is 0.289. The Morgan fingerprint density at radius 2 is 1.45 bits per heavy atom. The van der Waals surface area contributed by atoms with E-state index >= 15 is 0 Å². The van der Waals surface area contributed by atoms with Gasteiger partial charge in [0.2, 0.25) is 0 Å². The number of nitrogens with zero attached hydrogens (tertiary/aromatic N) is 4. The molecule has 0 unspecified atom stereocenters. The second-order valence-corrected chi connectivity index (χ2v) is 14.3. The van der Waals surface area contributed by atoms with Crippen LogP contribution in [-0.2, 0) is 26.8 Å². The summed E-state index contributed by atoms with van der Waals surface area (Å²) in [5.74, 6) is 2.91. The fourth-order valence-corrected chi connectivity index (χ4v) is 7.33. The molecule has 7 aromatic rings. The van der Waals surface area contributed by atoms with E-state index in [-0.39, 0.29) is 26.3 Å². The second kappa shape index (κ2) is 14.6. The Morgan fingerprint density at radius 1 is 0.745 bits per heavy atom. The number of aromatic nitrogens is 4. The predicted molar refractivity (Wildman–Crippen MR) is 206 cm³/mol. The normalized spacial score (nSPS) is 11.6. The number of hydrogen-bond donors (Lipinski definition) is 0. The molecule has 0 radical (unpaired) electrons. The van der Waals surface area contributed by atoms with Crippen molar-refractivity contribution in [2.24, 2.45) is 0 Å². The molecule has 262 valence electrons. The largest absolute Gasteiger partial charge is 2.00 e. The van der Waals surface area contributed by atoms with Gasteiger partial charge in [-0.2, -0.15) is 11.2 Å². The molecule has 0 atom stereocenters. The Morgan fingerprint density at radius 3 is 2.16 bits per heavy atom. The number of ether oxygens (including phenoxy) is 1. The van der Waals surface area contributed by atoms with E-state index in [0.717, 1.165) is 63.1 Å². The molecule has 4 aromatic carbocycles. The van der Waals surface area contributed by atoms with Gasteiger partial charge in [0.15, 0.2) is 0 Å². The van der Waals surface area contributed by atoms with Crippen molar-refractivity contribution in [1.29, 1.82) is 0 Å². The van der Waals surface area contributed by atoms with Crippen LogP contribution < -0.4 is 4.74 Å². The van der Waals surface area contributed by atoms with Gasteiger partial charge in [-0.1, -0.05) is 76.9 Å². The number of para-hydroxylation sites is 1. The zero-order chi connectivity index (χ0) is 35.3. The molecule has 3 heterocycles. The zero-order valence-electron chi connectivity index (χ0n) is 31.1. The summed E-state index contributed by atoms with van der Waals surface area (Å²) in [4.78, 5) is 4.80. The van der Waals surface area contributed by atoms with Crippen molar-refractivity contribution >= 4 is 21.8 Å². The molecular formula is C45H46N4OPd. The first-order valence-corrected chi connectivity index (χ1v) is 17.9. The standard InChI is InChI=1S/C45H46N4O.Pd/c1-10-13-33-18-19-46-43(22-33)48-41-15-12-11-14-39(41)40-17-16-37(26-42(40)48)50-38-24-35(28(4)5)23-36(25-38)49-32(9)45(31(8)47-49)44-29(6)20-34(27(2)3)21-30(44)7;/h11-12,14-24,27-28H,10,13H2,1-9H3;/q-2;+2. The summed E-state index contributed by atoms with van der Waals surface area (Å²) >= 11 is 0. The first-order chi connectivity index (χ1) is 24.0. The van der Waals surface area contributed by atoms with Crippen molar-refractivity contribution in [2.75, 3.05) is 0 Å². The molecule has 6 heteroatoms. The Balaban J connectivity index is 0.00000448. The van der Waals surface area contributed by atoms with Crippen LogP contribution in [0, 0.1) is 39.8 Å². The van der Waals surface area contributed by atoms with Crippen LogP contribution in [0.2, 0.25) is 0 Å². The number of fused-ring (bicyclic) bond motifs is 3. The maximum absolute atomic E-state index is 6.64. The van der Waals surface area contributed by atoms with Gasteiger partial charge in [0, 0.05) is 34.5 Å². The molecule has 51 heavy (non-hydrogen) atoms. The van der Waals surface area contributed by atoms with Crippen molar-refractivity contribution < 1.29 is 25.2 Å². The van der Waals surface area contributed by atoms with Gasteiger partial charge in [-0.15, -0.1) is 41.3 Å².